The molecule has 8 heteroatoms. The average Bonchev–Trinajstić information content (AvgIpc) is 3.12. The van der Waals surface area contributed by atoms with Crippen LogP contribution in [0.1, 0.15) is 5.56 Å². The molecule has 0 fully saturated rings. The Morgan fingerprint density at radius 2 is 1.89 bits per heavy atom. The number of fused-ring (bicyclic) bond motifs is 1. The Hall–Kier alpha value is -2.84. The van der Waals surface area contributed by atoms with Crippen molar-refractivity contribution in [2.45, 2.75) is 11.6 Å². The van der Waals surface area contributed by atoms with Crippen molar-refractivity contribution in [1.82, 2.24) is 9.97 Å². The number of nitrogens with zero attached hydrogens (tertiary/aromatic N) is 2. The van der Waals surface area contributed by atoms with Gasteiger partial charge in [-0.25, -0.2) is 17.8 Å². The van der Waals surface area contributed by atoms with Gasteiger partial charge >= 0.3 is 0 Å². The van der Waals surface area contributed by atoms with Gasteiger partial charge in [0.25, 0.3) is 10.0 Å². The molecule has 0 spiro atoms. The summed E-state index contributed by atoms with van der Waals surface area (Å²) >= 11 is 1.49. The van der Waals surface area contributed by atoms with Crippen molar-refractivity contribution in [2.75, 3.05) is 4.72 Å². The number of rotatable bonds is 5. The second-order valence-electron chi connectivity index (χ2n) is 5.83. The SMILES string of the molecule is O=S(=O)(Nc1cccc(-c2nc3ccncc3s2)c1)c1ccc(CF)cc1. The Labute approximate surface area is 159 Å². The van der Waals surface area contributed by atoms with Gasteiger partial charge in [-0.1, -0.05) is 24.3 Å². The summed E-state index contributed by atoms with van der Waals surface area (Å²) < 4.78 is 41.3. The molecule has 0 saturated heterocycles. The quantitative estimate of drug-likeness (QED) is 0.531. The molecule has 0 aliphatic carbocycles. The number of alkyl halides is 1. The lowest BCUT2D eigenvalue weighted by atomic mass is 10.2. The summed E-state index contributed by atoms with van der Waals surface area (Å²) in [4.78, 5) is 8.73. The Kier molecular flexibility index (Phi) is 4.59. The van der Waals surface area contributed by atoms with E-state index >= 15 is 0 Å². The van der Waals surface area contributed by atoms with Gasteiger partial charge in [-0.2, -0.15) is 0 Å². The van der Waals surface area contributed by atoms with Gasteiger partial charge in [0.1, 0.15) is 11.7 Å². The van der Waals surface area contributed by atoms with E-state index in [-0.39, 0.29) is 4.90 Å². The maximum absolute atomic E-state index is 12.6. The molecule has 4 rings (SSSR count). The first kappa shape index (κ1) is 17.6. The lowest BCUT2D eigenvalue weighted by molar-refractivity contribution is 0.485. The molecule has 2 aromatic carbocycles. The molecule has 0 amide bonds. The van der Waals surface area contributed by atoms with E-state index in [0.717, 1.165) is 20.8 Å². The number of halogens is 1. The minimum Gasteiger partial charge on any atom is -0.280 e. The maximum atomic E-state index is 12.6. The van der Waals surface area contributed by atoms with Crippen LogP contribution in [0.2, 0.25) is 0 Å². The molecule has 4 aromatic rings. The van der Waals surface area contributed by atoms with E-state index < -0.39 is 16.7 Å². The summed E-state index contributed by atoms with van der Waals surface area (Å²) in [6.45, 7) is -0.631. The maximum Gasteiger partial charge on any atom is 0.261 e. The number of anilines is 1. The van der Waals surface area contributed by atoms with Crippen LogP contribution in [0.3, 0.4) is 0 Å². The topological polar surface area (TPSA) is 72.0 Å². The number of pyridine rings is 1. The Bertz CT molecular complexity index is 1170. The third kappa shape index (κ3) is 3.67. The monoisotopic (exact) mass is 399 g/mol. The predicted molar refractivity (Wildman–Crippen MR) is 105 cm³/mol. The van der Waals surface area contributed by atoms with Crippen LogP contribution in [-0.4, -0.2) is 18.4 Å². The molecule has 0 bridgehead atoms. The van der Waals surface area contributed by atoms with Crippen LogP contribution >= 0.6 is 11.3 Å². The molecule has 1 N–H and O–H groups in total. The van der Waals surface area contributed by atoms with Gasteiger partial charge in [0.2, 0.25) is 0 Å². The molecule has 5 nitrogen and oxygen atoms in total. The zero-order valence-electron chi connectivity index (χ0n) is 14.0. The molecular weight excluding hydrogens is 385 g/mol. The van der Waals surface area contributed by atoms with Crippen LogP contribution < -0.4 is 4.72 Å². The van der Waals surface area contributed by atoms with E-state index in [9.17, 15) is 12.8 Å². The highest BCUT2D eigenvalue weighted by Crippen LogP contribution is 2.31. The van der Waals surface area contributed by atoms with E-state index in [2.05, 4.69) is 14.7 Å². The van der Waals surface area contributed by atoms with E-state index in [1.54, 1.807) is 30.6 Å². The normalized spacial score (nSPS) is 11.6. The number of thiazole rings is 1. The molecular formula is C19H14FN3O2S2. The molecule has 0 atom stereocenters. The van der Waals surface area contributed by atoms with Crippen molar-refractivity contribution < 1.29 is 12.8 Å². The number of benzene rings is 2. The fraction of sp³-hybridized carbons (Fsp3) is 0.0526. The molecule has 0 aliphatic heterocycles. The first-order valence-corrected chi connectivity index (χ1v) is 10.3. The van der Waals surface area contributed by atoms with Crippen LogP contribution in [0.4, 0.5) is 10.1 Å². The summed E-state index contributed by atoms with van der Waals surface area (Å²) in [6, 6.07) is 14.6. The second kappa shape index (κ2) is 7.05. The summed E-state index contributed by atoms with van der Waals surface area (Å²) in [5.74, 6) is 0. The lowest BCUT2D eigenvalue weighted by Gasteiger charge is -2.09. The number of aromatic nitrogens is 2. The summed E-state index contributed by atoms with van der Waals surface area (Å²) in [6.07, 6.45) is 3.44. The minimum absolute atomic E-state index is 0.0798. The molecule has 27 heavy (non-hydrogen) atoms. The van der Waals surface area contributed by atoms with Gasteiger partial charge in [0.15, 0.2) is 0 Å². The van der Waals surface area contributed by atoms with Crippen LogP contribution in [0.25, 0.3) is 20.8 Å². The third-order valence-corrected chi connectivity index (χ3v) is 6.39. The van der Waals surface area contributed by atoms with E-state index in [4.69, 9.17) is 0 Å². The lowest BCUT2D eigenvalue weighted by Crippen LogP contribution is -2.12. The molecule has 0 aliphatic rings. The third-order valence-electron chi connectivity index (χ3n) is 3.94. The number of hydrogen-bond acceptors (Lipinski definition) is 5. The molecule has 2 aromatic heterocycles. The number of hydrogen-bond donors (Lipinski definition) is 1. The largest absolute Gasteiger partial charge is 0.280 e. The van der Waals surface area contributed by atoms with Gasteiger partial charge in [-0.05, 0) is 35.9 Å². The van der Waals surface area contributed by atoms with Crippen molar-refractivity contribution in [3.05, 3.63) is 72.6 Å². The first-order valence-electron chi connectivity index (χ1n) is 8.04. The zero-order chi connectivity index (χ0) is 18.9. The highest BCUT2D eigenvalue weighted by atomic mass is 32.2. The van der Waals surface area contributed by atoms with E-state index in [0.29, 0.717) is 11.3 Å². The highest BCUT2D eigenvalue weighted by molar-refractivity contribution is 7.92. The zero-order valence-corrected chi connectivity index (χ0v) is 15.6. The van der Waals surface area contributed by atoms with Crippen molar-refractivity contribution in [3.63, 3.8) is 0 Å². The van der Waals surface area contributed by atoms with Crippen LogP contribution in [0.15, 0.2) is 71.9 Å². The van der Waals surface area contributed by atoms with E-state index in [1.165, 1.54) is 35.6 Å². The molecule has 136 valence electrons. The van der Waals surface area contributed by atoms with Crippen molar-refractivity contribution in [2.24, 2.45) is 0 Å². The number of sulfonamides is 1. The molecule has 2 heterocycles. The Morgan fingerprint density at radius 1 is 1.07 bits per heavy atom. The summed E-state index contributed by atoms with van der Waals surface area (Å²) in [7, 11) is -3.76. The predicted octanol–water partition coefficient (Wildman–Crippen LogP) is 4.63. The fourth-order valence-electron chi connectivity index (χ4n) is 2.59. The standard InChI is InChI=1S/C19H14FN3O2S2/c20-11-13-4-6-16(7-5-13)27(24,25)23-15-3-1-2-14(10-15)19-22-17-8-9-21-12-18(17)26-19/h1-10,12,23H,11H2. The smallest absolute Gasteiger partial charge is 0.261 e. The average molecular weight is 399 g/mol. The second-order valence-corrected chi connectivity index (χ2v) is 8.54. The van der Waals surface area contributed by atoms with Crippen LogP contribution in [-0.2, 0) is 16.7 Å². The van der Waals surface area contributed by atoms with Crippen molar-refractivity contribution >= 4 is 37.3 Å². The highest BCUT2D eigenvalue weighted by Gasteiger charge is 2.15. The Morgan fingerprint density at radius 3 is 2.63 bits per heavy atom. The van der Waals surface area contributed by atoms with E-state index in [1.807, 2.05) is 12.1 Å². The van der Waals surface area contributed by atoms with Gasteiger partial charge in [0, 0.05) is 23.6 Å². The van der Waals surface area contributed by atoms with Crippen LogP contribution in [0, 0.1) is 0 Å². The molecule has 0 saturated carbocycles. The van der Waals surface area contributed by atoms with Gasteiger partial charge in [-0.3, -0.25) is 9.71 Å². The van der Waals surface area contributed by atoms with Gasteiger partial charge in [-0.15, -0.1) is 11.3 Å². The van der Waals surface area contributed by atoms with Gasteiger partial charge in [0.05, 0.1) is 15.1 Å². The molecule has 0 radical (unpaired) electrons. The Balaban J connectivity index is 1.63. The minimum atomic E-state index is -3.76. The molecule has 0 unspecified atom stereocenters. The fourth-order valence-corrected chi connectivity index (χ4v) is 4.57. The summed E-state index contributed by atoms with van der Waals surface area (Å²) in [5, 5.41) is 0.784. The van der Waals surface area contributed by atoms with Crippen LogP contribution in [0.5, 0.6) is 0 Å². The summed E-state index contributed by atoms with van der Waals surface area (Å²) in [5.41, 5.74) is 2.52. The first-order chi connectivity index (χ1) is 13.0. The van der Waals surface area contributed by atoms with Gasteiger partial charge < -0.3 is 0 Å². The van der Waals surface area contributed by atoms with Crippen molar-refractivity contribution in [1.29, 1.82) is 0 Å². The number of nitrogens with one attached hydrogen (secondary N) is 1. The van der Waals surface area contributed by atoms with Crippen molar-refractivity contribution in [3.8, 4) is 10.6 Å².